The standard InChI is InChI=1S/C15H22N4O4/c1-5-6-7-12-11(10(2)22-17-12)9-21-14-8-13(23-18-14)15(20)16-19(3)4/h8H,5-7,9H2,1-4H3,(H,16,20). The van der Waals surface area contributed by atoms with E-state index in [0.717, 1.165) is 36.3 Å². The molecular weight excluding hydrogens is 300 g/mol. The van der Waals surface area contributed by atoms with Gasteiger partial charge < -0.3 is 13.8 Å². The predicted octanol–water partition coefficient (Wildman–Crippen LogP) is 2.10. The molecule has 0 fully saturated rings. The number of aromatic nitrogens is 2. The number of aryl methyl sites for hydroxylation is 2. The maximum absolute atomic E-state index is 11.8. The molecule has 0 aliphatic rings. The third kappa shape index (κ3) is 4.56. The van der Waals surface area contributed by atoms with Crippen molar-refractivity contribution in [2.75, 3.05) is 14.1 Å². The van der Waals surface area contributed by atoms with Crippen LogP contribution in [0.4, 0.5) is 0 Å². The molecule has 0 unspecified atom stereocenters. The third-order valence-electron chi connectivity index (χ3n) is 3.24. The van der Waals surface area contributed by atoms with Crippen molar-refractivity contribution < 1.29 is 18.6 Å². The van der Waals surface area contributed by atoms with E-state index in [1.165, 1.54) is 11.1 Å². The first kappa shape index (κ1) is 17.0. The monoisotopic (exact) mass is 322 g/mol. The third-order valence-corrected chi connectivity index (χ3v) is 3.24. The summed E-state index contributed by atoms with van der Waals surface area (Å²) < 4.78 is 15.8. The minimum atomic E-state index is -0.387. The fraction of sp³-hybridized carbons (Fsp3) is 0.533. The highest BCUT2D eigenvalue weighted by Gasteiger charge is 2.17. The van der Waals surface area contributed by atoms with E-state index in [-0.39, 0.29) is 24.2 Å². The van der Waals surface area contributed by atoms with E-state index >= 15 is 0 Å². The number of carbonyl (C=O) groups is 1. The van der Waals surface area contributed by atoms with Crippen molar-refractivity contribution in [3.05, 3.63) is 28.8 Å². The Morgan fingerprint density at radius 1 is 1.35 bits per heavy atom. The average molecular weight is 322 g/mol. The molecule has 126 valence electrons. The van der Waals surface area contributed by atoms with Gasteiger partial charge >= 0.3 is 5.91 Å². The van der Waals surface area contributed by atoms with Crippen LogP contribution in [0.5, 0.6) is 5.88 Å². The summed E-state index contributed by atoms with van der Waals surface area (Å²) in [5, 5.41) is 9.32. The Labute approximate surface area is 134 Å². The number of hydrazine groups is 1. The lowest BCUT2D eigenvalue weighted by molar-refractivity contribution is 0.0817. The van der Waals surface area contributed by atoms with Crippen molar-refractivity contribution in [3.63, 3.8) is 0 Å². The molecule has 2 aromatic heterocycles. The van der Waals surface area contributed by atoms with Crippen molar-refractivity contribution >= 4 is 5.91 Å². The lowest BCUT2D eigenvalue weighted by atomic mass is 10.1. The molecule has 1 N–H and O–H groups in total. The van der Waals surface area contributed by atoms with Gasteiger partial charge in [0.1, 0.15) is 12.4 Å². The maximum Gasteiger partial charge on any atom is 0.304 e. The van der Waals surface area contributed by atoms with Crippen LogP contribution >= 0.6 is 0 Å². The number of unbranched alkanes of at least 4 members (excludes halogenated alkanes) is 1. The molecule has 2 rings (SSSR count). The highest BCUT2D eigenvalue weighted by molar-refractivity contribution is 5.91. The zero-order valence-electron chi connectivity index (χ0n) is 13.9. The first-order valence-corrected chi connectivity index (χ1v) is 7.53. The molecule has 0 atom stereocenters. The van der Waals surface area contributed by atoms with Crippen LogP contribution < -0.4 is 10.2 Å². The fourth-order valence-corrected chi connectivity index (χ4v) is 2.00. The maximum atomic E-state index is 11.8. The molecule has 0 spiro atoms. The van der Waals surface area contributed by atoms with Crippen molar-refractivity contribution in [2.24, 2.45) is 0 Å². The number of ether oxygens (including phenoxy) is 1. The second-order valence-corrected chi connectivity index (χ2v) is 5.42. The Kier molecular flexibility index (Phi) is 5.75. The Balaban J connectivity index is 1.98. The summed E-state index contributed by atoms with van der Waals surface area (Å²) in [7, 11) is 3.41. The Morgan fingerprint density at radius 3 is 2.83 bits per heavy atom. The smallest absolute Gasteiger partial charge is 0.304 e. The number of carbonyl (C=O) groups excluding carboxylic acids is 1. The van der Waals surface area contributed by atoms with E-state index in [1.54, 1.807) is 14.1 Å². The van der Waals surface area contributed by atoms with Crippen molar-refractivity contribution in [1.29, 1.82) is 0 Å². The molecule has 8 heteroatoms. The van der Waals surface area contributed by atoms with Crippen LogP contribution in [-0.4, -0.2) is 35.3 Å². The largest absolute Gasteiger partial charge is 0.470 e. The topological polar surface area (TPSA) is 93.6 Å². The molecule has 1 amide bonds. The van der Waals surface area contributed by atoms with Crippen molar-refractivity contribution in [3.8, 4) is 5.88 Å². The van der Waals surface area contributed by atoms with Gasteiger partial charge in [-0.1, -0.05) is 18.5 Å². The molecule has 0 aliphatic heterocycles. The van der Waals surface area contributed by atoms with Gasteiger partial charge in [0, 0.05) is 14.1 Å². The quantitative estimate of drug-likeness (QED) is 0.744. The molecule has 0 saturated carbocycles. The SMILES string of the molecule is CCCCc1noc(C)c1COc1cc(C(=O)NN(C)C)on1. The van der Waals surface area contributed by atoms with Crippen LogP contribution in [0.3, 0.4) is 0 Å². The normalized spacial score (nSPS) is 11.0. The van der Waals surface area contributed by atoms with E-state index in [9.17, 15) is 4.79 Å². The van der Waals surface area contributed by atoms with Crippen LogP contribution in [0.2, 0.25) is 0 Å². The number of hydrogen-bond donors (Lipinski definition) is 1. The minimum Gasteiger partial charge on any atom is -0.470 e. The summed E-state index contributed by atoms with van der Waals surface area (Å²) in [5.41, 5.74) is 4.38. The van der Waals surface area contributed by atoms with Gasteiger partial charge in [0.05, 0.1) is 17.3 Å². The van der Waals surface area contributed by atoms with Crippen LogP contribution in [0, 0.1) is 6.92 Å². The van der Waals surface area contributed by atoms with Crippen LogP contribution in [0.15, 0.2) is 15.1 Å². The molecule has 0 aromatic carbocycles. The number of hydrogen-bond acceptors (Lipinski definition) is 7. The fourth-order valence-electron chi connectivity index (χ4n) is 2.00. The zero-order valence-corrected chi connectivity index (χ0v) is 13.9. The van der Waals surface area contributed by atoms with Gasteiger partial charge in [-0.05, 0) is 24.9 Å². The molecule has 0 bridgehead atoms. The molecule has 23 heavy (non-hydrogen) atoms. The second kappa shape index (κ2) is 7.77. The van der Waals surface area contributed by atoms with Gasteiger partial charge in [0.2, 0.25) is 5.76 Å². The molecule has 0 saturated heterocycles. The minimum absolute atomic E-state index is 0.0851. The predicted molar refractivity (Wildman–Crippen MR) is 81.8 cm³/mol. The lowest BCUT2D eigenvalue weighted by Crippen LogP contribution is -2.35. The molecule has 0 aliphatic carbocycles. The van der Waals surface area contributed by atoms with E-state index in [1.807, 2.05) is 6.92 Å². The molecule has 8 nitrogen and oxygen atoms in total. The van der Waals surface area contributed by atoms with Gasteiger partial charge in [-0.15, -0.1) is 0 Å². The molecular formula is C15H22N4O4. The molecule has 2 heterocycles. The summed E-state index contributed by atoms with van der Waals surface area (Å²) in [4.78, 5) is 11.8. The van der Waals surface area contributed by atoms with Crippen LogP contribution in [0.25, 0.3) is 0 Å². The number of nitrogens with zero attached hydrogens (tertiary/aromatic N) is 3. The summed E-state index contributed by atoms with van der Waals surface area (Å²) >= 11 is 0. The first-order chi connectivity index (χ1) is 11.0. The van der Waals surface area contributed by atoms with Gasteiger partial charge in [-0.2, -0.15) is 0 Å². The van der Waals surface area contributed by atoms with Crippen molar-refractivity contribution in [1.82, 2.24) is 20.7 Å². The summed E-state index contributed by atoms with van der Waals surface area (Å²) in [6, 6.07) is 1.45. The van der Waals surface area contributed by atoms with Crippen LogP contribution in [0.1, 0.15) is 47.3 Å². The van der Waals surface area contributed by atoms with Gasteiger partial charge in [-0.25, -0.2) is 5.01 Å². The zero-order chi connectivity index (χ0) is 16.8. The summed E-state index contributed by atoms with van der Waals surface area (Å²) in [6.45, 7) is 4.24. The van der Waals surface area contributed by atoms with Gasteiger partial charge in [0.25, 0.3) is 5.88 Å². The van der Waals surface area contributed by atoms with Crippen molar-refractivity contribution in [2.45, 2.75) is 39.7 Å². The number of amides is 1. The second-order valence-electron chi connectivity index (χ2n) is 5.42. The summed E-state index contributed by atoms with van der Waals surface area (Å²) in [6.07, 6.45) is 2.97. The Morgan fingerprint density at radius 2 is 2.13 bits per heavy atom. The van der Waals surface area contributed by atoms with Crippen LogP contribution in [-0.2, 0) is 13.0 Å². The number of nitrogens with one attached hydrogen (secondary N) is 1. The number of rotatable bonds is 8. The summed E-state index contributed by atoms with van der Waals surface area (Å²) in [5.74, 6) is 0.671. The Bertz CT molecular complexity index is 648. The van der Waals surface area contributed by atoms with Gasteiger partial charge in [-0.3, -0.25) is 10.2 Å². The molecule has 0 radical (unpaired) electrons. The van der Waals surface area contributed by atoms with E-state index < -0.39 is 0 Å². The highest BCUT2D eigenvalue weighted by atomic mass is 16.5. The van der Waals surface area contributed by atoms with Gasteiger partial charge in [0.15, 0.2) is 0 Å². The van der Waals surface area contributed by atoms with E-state index in [2.05, 4.69) is 22.7 Å². The molecule has 2 aromatic rings. The van der Waals surface area contributed by atoms with E-state index in [4.69, 9.17) is 13.8 Å². The first-order valence-electron chi connectivity index (χ1n) is 7.53. The highest BCUT2D eigenvalue weighted by Crippen LogP contribution is 2.19. The lowest BCUT2D eigenvalue weighted by Gasteiger charge is -2.08. The Hall–Kier alpha value is -2.35. The average Bonchev–Trinajstić information content (AvgIpc) is 3.09. The van der Waals surface area contributed by atoms with E-state index in [0.29, 0.717) is 0 Å².